The lowest BCUT2D eigenvalue weighted by Crippen LogP contribution is -2.38. The van der Waals surface area contributed by atoms with E-state index >= 15 is 0 Å². The number of nitrogens with one attached hydrogen (secondary N) is 1. The lowest BCUT2D eigenvalue weighted by Gasteiger charge is -2.32. The van der Waals surface area contributed by atoms with Gasteiger partial charge in [0.2, 0.25) is 10.0 Å². The van der Waals surface area contributed by atoms with E-state index in [1.165, 1.54) is 10.5 Å². The molecule has 0 bridgehead atoms. The number of nitrogens with zero attached hydrogens (tertiary/aromatic N) is 1. The number of sulfonamides is 1. The maximum atomic E-state index is 11.5. The summed E-state index contributed by atoms with van der Waals surface area (Å²) in [5, 5.41) is 0. The molecule has 1 aromatic rings. The van der Waals surface area contributed by atoms with Crippen molar-refractivity contribution >= 4 is 21.8 Å². The van der Waals surface area contributed by atoms with Gasteiger partial charge in [0.1, 0.15) is 0 Å². The van der Waals surface area contributed by atoms with E-state index in [1.807, 2.05) is 0 Å². The normalized spacial score (nSPS) is 17.7. The lowest BCUT2D eigenvalue weighted by atomic mass is 9.97. The molecule has 1 aromatic carbocycles. The second-order valence-corrected chi connectivity index (χ2v) is 8.73. The van der Waals surface area contributed by atoms with E-state index in [2.05, 4.69) is 40.1 Å². The minimum Gasteiger partial charge on any atom is -0.299 e. The average molecular weight is 343 g/mol. The first kappa shape index (κ1) is 17.8. The predicted molar refractivity (Wildman–Crippen MR) is 93.7 cm³/mol. The number of rotatable bonds is 7. The van der Waals surface area contributed by atoms with Gasteiger partial charge in [-0.05, 0) is 56.7 Å². The summed E-state index contributed by atoms with van der Waals surface area (Å²) in [6.45, 7) is 5.34. The molecule has 2 rings (SSSR count). The minimum absolute atomic E-state index is 0.164. The van der Waals surface area contributed by atoms with Crippen LogP contribution in [0.4, 0.5) is 0 Å². The molecule has 124 valence electrons. The average Bonchev–Trinajstić information content (AvgIpc) is 2.55. The first-order valence-electron chi connectivity index (χ1n) is 7.85. The van der Waals surface area contributed by atoms with Crippen molar-refractivity contribution in [2.75, 3.05) is 31.6 Å². The van der Waals surface area contributed by atoms with Crippen LogP contribution in [0, 0.1) is 5.92 Å². The SMILES string of the molecule is CCS(=O)(=O)NCC1CCN(Cc2ccccc2SC)CC1. The van der Waals surface area contributed by atoms with E-state index in [4.69, 9.17) is 0 Å². The molecule has 22 heavy (non-hydrogen) atoms. The van der Waals surface area contributed by atoms with Gasteiger partial charge in [-0.3, -0.25) is 4.90 Å². The van der Waals surface area contributed by atoms with Crippen molar-refractivity contribution in [2.24, 2.45) is 5.92 Å². The van der Waals surface area contributed by atoms with Crippen molar-refractivity contribution in [2.45, 2.75) is 31.2 Å². The molecule has 4 nitrogen and oxygen atoms in total. The Morgan fingerprint density at radius 2 is 1.95 bits per heavy atom. The molecule has 0 unspecified atom stereocenters. The van der Waals surface area contributed by atoms with Crippen LogP contribution < -0.4 is 4.72 Å². The van der Waals surface area contributed by atoms with Gasteiger partial charge in [0.05, 0.1) is 5.75 Å². The summed E-state index contributed by atoms with van der Waals surface area (Å²) < 4.78 is 25.7. The van der Waals surface area contributed by atoms with Gasteiger partial charge in [-0.2, -0.15) is 0 Å². The second kappa shape index (κ2) is 8.34. The largest absolute Gasteiger partial charge is 0.299 e. The molecular formula is C16H26N2O2S2. The maximum Gasteiger partial charge on any atom is 0.211 e. The van der Waals surface area contributed by atoms with Crippen LogP contribution in [0.1, 0.15) is 25.3 Å². The fraction of sp³-hybridized carbons (Fsp3) is 0.625. The molecule has 0 radical (unpaired) electrons. The van der Waals surface area contributed by atoms with E-state index in [0.29, 0.717) is 12.5 Å². The molecule has 0 atom stereocenters. The van der Waals surface area contributed by atoms with E-state index in [9.17, 15) is 8.42 Å². The predicted octanol–water partition coefficient (Wildman–Crippen LogP) is 2.56. The molecule has 1 N–H and O–H groups in total. The Kier molecular flexibility index (Phi) is 6.74. The summed E-state index contributed by atoms with van der Waals surface area (Å²) in [5.74, 6) is 0.630. The Hall–Kier alpha value is -0.560. The fourth-order valence-electron chi connectivity index (χ4n) is 2.77. The third-order valence-corrected chi connectivity index (χ3v) is 6.47. The molecule has 1 saturated heterocycles. The summed E-state index contributed by atoms with van der Waals surface area (Å²) in [5.41, 5.74) is 1.39. The third kappa shape index (κ3) is 5.26. The van der Waals surface area contributed by atoms with Crippen LogP contribution in [-0.4, -0.2) is 45.0 Å². The summed E-state index contributed by atoms with van der Waals surface area (Å²) in [7, 11) is -3.06. The van der Waals surface area contributed by atoms with Crippen LogP contribution in [0.15, 0.2) is 29.2 Å². The van der Waals surface area contributed by atoms with E-state index < -0.39 is 10.0 Å². The Morgan fingerprint density at radius 3 is 2.59 bits per heavy atom. The molecule has 1 aliphatic rings. The first-order chi connectivity index (χ1) is 10.5. The fourth-order valence-corrected chi connectivity index (χ4v) is 4.07. The van der Waals surface area contributed by atoms with Crippen molar-refractivity contribution in [1.82, 2.24) is 9.62 Å². The summed E-state index contributed by atoms with van der Waals surface area (Å²) >= 11 is 1.79. The molecule has 0 saturated carbocycles. The molecule has 1 aliphatic heterocycles. The zero-order valence-electron chi connectivity index (χ0n) is 13.4. The monoisotopic (exact) mass is 342 g/mol. The van der Waals surface area contributed by atoms with E-state index in [0.717, 1.165) is 32.5 Å². The number of thioether (sulfide) groups is 1. The summed E-state index contributed by atoms with van der Waals surface area (Å²) in [6.07, 6.45) is 4.24. The molecule has 0 aromatic heterocycles. The number of hydrogen-bond donors (Lipinski definition) is 1. The van der Waals surface area contributed by atoms with Crippen molar-refractivity contribution in [3.8, 4) is 0 Å². The third-order valence-electron chi connectivity index (χ3n) is 4.27. The molecule has 1 heterocycles. The van der Waals surface area contributed by atoms with Crippen molar-refractivity contribution in [3.05, 3.63) is 29.8 Å². The Bertz CT molecular complexity index is 567. The number of piperidine rings is 1. The molecular weight excluding hydrogens is 316 g/mol. The topological polar surface area (TPSA) is 49.4 Å². The van der Waals surface area contributed by atoms with E-state index in [1.54, 1.807) is 18.7 Å². The minimum atomic E-state index is -3.06. The van der Waals surface area contributed by atoms with Gasteiger partial charge in [-0.15, -0.1) is 11.8 Å². The number of benzene rings is 1. The van der Waals surface area contributed by atoms with Crippen LogP contribution >= 0.6 is 11.8 Å². The second-order valence-electron chi connectivity index (χ2n) is 5.78. The Balaban J connectivity index is 1.80. The highest BCUT2D eigenvalue weighted by Gasteiger charge is 2.21. The molecule has 0 spiro atoms. The van der Waals surface area contributed by atoms with E-state index in [-0.39, 0.29) is 5.75 Å². The standard InChI is InChI=1S/C16H26N2O2S2/c1-3-22(19,20)17-12-14-8-10-18(11-9-14)13-15-6-4-5-7-16(15)21-2/h4-7,14,17H,3,8-13H2,1-2H3. The van der Waals surface area contributed by atoms with Crippen LogP contribution in [0.5, 0.6) is 0 Å². The maximum absolute atomic E-state index is 11.5. The van der Waals surface area contributed by atoms with Crippen molar-refractivity contribution < 1.29 is 8.42 Å². The van der Waals surface area contributed by atoms with Crippen LogP contribution in [0.3, 0.4) is 0 Å². The van der Waals surface area contributed by atoms with Crippen LogP contribution in [0.25, 0.3) is 0 Å². The molecule has 0 aliphatic carbocycles. The van der Waals surface area contributed by atoms with Gasteiger partial charge >= 0.3 is 0 Å². The highest BCUT2D eigenvalue weighted by atomic mass is 32.2. The molecule has 1 fully saturated rings. The highest BCUT2D eigenvalue weighted by molar-refractivity contribution is 7.98. The van der Waals surface area contributed by atoms with Gasteiger partial charge in [-0.25, -0.2) is 13.1 Å². The quantitative estimate of drug-likeness (QED) is 0.774. The van der Waals surface area contributed by atoms with Crippen LogP contribution in [-0.2, 0) is 16.6 Å². The first-order valence-corrected chi connectivity index (χ1v) is 10.7. The summed E-state index contributed by atoms with van der Waals surface area (Å²) in [4.78, 5) is 3.82. The van der Waals surface area contributed by atoms with Gasteiger partial charge in [0, 0.05) is 18.0 Å². The zero-order chi connectivity index (χ0) is 16.0. The number of likely N-dealkylation sites (tertiary alicyclic amines) is 1. The smallest absolute Gasteiger partial charge is 0.211 e. The Labute approximate surface area is 138 Å². The van der Waals surface area contributed by atoms with Crippen molar-refractivity contribution in [1.29, 1.82) is 0 Å². The molecule has 0 amide bonds. The highest BCUT2D eigenvalue weighted by Crippen LogP contribution is 2.24. The number of hydrogen-bond acceptors (Lipinski definition) is 4. The van der Waals surface area contributed by atoms with Gasteiger partial charge in [0.15, 0.2) is 0 Å². The van der Waals surface area contributed by atoms with Crippen molar-refractivity contribution in [3.63, 3.8) is 0 Å². The van der Waals surface area contributed by atoms with Crippen LogP contribution in [0.2, 0.25) is 0 Å². The van der Waals surface area contributed by atoms with Gasteiger partial charge in [-0.1, -0.05) is 18.2 Å². The lowest BCUT2D eigenvalue weighted by molar-refractivity contribution is 0.177. The Morgan fingerprint density at radius 1 is 1.27 bits per heavy atom. The zero-order valence-corrected chi connectivity index (χ0v) is 15.0. The molecule has 6 heteroatoms. The summed E-state index contributed by atoms with van der Waals surface area (Å²) in [6, 6.07) is 8.56. The van der Waals surface area contributed by atoms with Gasteiger partial charge < -0.3 is 0 Å². The van der Waals surface area contributed by atoms with Gasteiger partial charge in [0.25, 0.3) is 0 Å².